The minimum Gasteiger partial charge on any atom is -0.384 e. The Morgan fingerprint density at radius 2 is 2.12 bits per heavy atom. The SMILES string of the molecule is Cc1ncn(-c2cccc(F)c2C(=N)N)c1C. The minimum absolute atomic E-state index is 0.105. The van der Waals surface area contributed by atoms with Gasteiger partial charge < -0.3 is 10.3 Å². The molecular formula is C12H13FN4. The summed E-state index contributed by atoms with van der Waals surface area (Å²) in [6.45, 7) is 3.76. The lowest BCUT2D eigenvalue weighted by atomic mass is 10.1. The Bertz CT molecular complexity index is 586. The van der Waals surface area contributed by atoms with Gasteiger partial charge in [-0.15, -0.1) is 0 Å². The second-order valence-electron chi connectivity index (χ2n) is 3.83. The van der Waals surface area contributed by atoms with Crippen LogP contribution in [-0.2, 0) is 0 Å². The van der Waals surface area contributed by atoms with E-state index in [9.17, 15) is 4.39 Å². The molecule has 0 saturated heterocycles. The molecule has 0 bridgehead atoms. The van der Waals surface area contributed by atoms with Gasteiger partial charge in [-0.1, -0.05) is 6.07 Å². The second-order valence-corrected chi connectivity index (χ2v) is 3.83. The highest BCUT2D eigenvalue weighted by Gasteiger charge is 2.14. The second kappa shape index (κ2) is 4.01. The number of imidazole rings is 1. The van der Waals surface area contributed by atoms with Crippen molar-refractivity contribution in [2.24, 2.45) is 5.73 Å². The molecule has 0 saturated carbocycles. The van der Waals surface area contributed by atoms with E-state index in [1.54, 1.807) is 23.0 Å². The van der Waals surface area contributed by atoms with Gasteiger partial charge in [0.2, 0.25) is 0 Å². The van der Waals surface area contributed by atoms with Gasteiger partial charge in [-0.05, 0) is 26.0 Å². The molecule has 0 amide bonds. The Hall–Kier alpha value is -2.17. The van der Waals surface area contributed by atoms with Crippen molar-refractivity contribution in [3.63, 3.8) is 0 Å². The molecule has 1 aromatic heterocycles. The summed E-state index contributed by atoms with van der Waals surface area (Å²) in [6.07, 6.45) is 1.60. The largest absolute Gasteiger partial charge is 0.384 e. The Labute approximate surface area is 98.4 Å². The summed E-state index contributed by atoms with van der Waals surface area (Å²) in [5.41, 5.74) is 7.83. The first-order chi connectivity index (χ1) is 8.02. The molecule has 0 fully saturated rings. The average Bonchev–Trinajstić information content (AvgIpc) is 2.59. The molecule has 0 aliphatic carbocycles. The van der Waals surface area contributed by atoms with Gasteiger partial charge in [0.25, 0.3) is 0 Å². The fourth-order valence-electron chi connectivity index (χ4n) is 1.72. The molecule has 4 nitrogen and oxygen atoms in total. The van der Waals surface area contributed by atoms with Crippen LogP contribution in [0.1, 0.15) is 17.0 Å². The third kappa shape index (κ3) is 1.80. The maximum Gasteiger partial charge on any atom is 0.136 e. The van der Waals surface area contributed by atoms with Crippen molar-refractivity contribution < 1.29 is 4.39 Å². The van der Waals surface area contributed by atoms with Crippen molar-refractivity contribution in [2.45, 2.75) is 13.8 Å². The van der Waals surface area contributed by atoms with Crippen LogP contribution in [-0.4, -0.2) is 15.4 Å². The van der Waals surface area contributed by atoms with Crippen LogP contribution in [0.3, 0.4) is 0 Å². The van der Waals surface area contributed by atoms with Gasteiger partial charge in [-0.2, -0.15) is 0 Å². The van der Waals surface area contributed by atoms with E-state index >= 15 is 0 Å². The molecule has 88 valence electrons. The normalized spacial score (nSPS) is 10.5. The summed E-state index contributed by atoms with van der Waals surface area (Å²) >= 11 is 0. The quantitative estimate of drug-likeness (QED) is 0.613. The number of rotatable bonds is 2. The average molecular weight is 232 g/mol. The number of amidine groups is 1. The third-order valence-electron chi connectivity index (χ3n) is 2.77. The van der Waals surface area contributed by atoms with Crippen molar-refractivity contribution in [1.29, 1.82) is 5.41 Å². The van der Waals surface area contributed by atoms with E-state index in [2.05, 4.69) is 4.98 Å². The van der Waals surface area contributed by atoms with E-state index in [4.69, 9.17) is 11.1 Å². The van der Waals surface area contributed by atoms with Crippen LogP contribution in [0, 0.1) is 25.1 Å². The van der Waals surface area contributed by atoms with E-state index in [0.29, 0.717) is 5.69 Å². The highest BCUT2D eigenvalue weighted by Crippen LogP contribution is 2.20. The van der Waals surface area contributed by atoms with Crippen LogP contribution in [0.4, 0.5) is 4.39 Å². The molecule has 1 aromatic carbocycles. The van der Waals surface area contributed by atoms with Crippen LogP contribution < -0.4 is 5.73 Å². The number of nitrogens with one attached hydrogen (secondary N) is 1. The third-order valence-corrected chi connectivity index (χ3v) is 2.77. The molecule has 0 aliphatic heterocycles. The summed E-state index contributed by atoms with van der Waals surface area (Å²) < 4.78 is 15.4. The maximum absolute atomic E-state index is 13.7. The number of benzene rings is 1. The molecule has 3 N–H and O–H groups in total. The number of aryl methyl sites for hydroxylation is 1. The molecule has 17 heavy (non-hydrogen) atoms. The lowest BCUT2D eigenvalue weighted by Crippen LogP contribution is -2.17. The van der Waals surface area contributed by atoms with Gasteiger partial charge in [0.15, 0.2) is 0 Å². The Kier molecular flexibility index (Phi) is 2.67. The number of hydrogen-bond donors (Lipinski definition) is 2. The zero-order valence-corrected chi connectivity index (χ0v) is 9.66. The fourth-order valence-corrected chi connectivity index (χ4v) is 1.72. The van der Waals surface area contributed by atoms with Gasteiger partial charge in [-0.25, -0.2) is 9.37 Å². The smallest absolute Gasteiger partial charge is 0.136 e. The molecule has 0 spiro atoms. The lowest BCUT2D eigenvalue weighted by Gasteiger charge is -2.11. The Balaban J connectivity index is 2.72. The van der Waals surface area contributed by atoms with Gasteiger partial charge >= 0.3 is 0 Å². The van der Waals surface area contributed by atoms with E-state index in [1.165, 1.54) is 6.07 Å². The molecule has 1 heterocycles. The molecule has 5 heteroatoms. The van der Waals surface area contributed by atoms with Crippen molar-refractivity contribution in [1.82, 2.24) is 9.55 Å². The van der Waals surface area contributed by atoms with E-state index < -0.39 is 5.82 Å². The van der Waals surface area contributed by atoms with Gasteiger partial charge in [0.05, 0.1) is 23.3 Å². The van der Waals surface area contributed by atoms with E-state index in [-0.39, 0.29) is 11.4 Å². The predicted molar refractivity (Wildman–Crippen MR) is 64.0 cm³/mol. The molecular weight excluding hydrogens is 219 g/mol. The maximum atomic E-state index is 13.7. The summed E-state index contributed by atoms with van der Waals surface area (Å²) in [6, 6.07) is 4.60. The van der Waals surface area contributed by atoms with Crippen molar-refractivity contribution >= 4 is 5.84 Å². The van der Waals surface area contributed by atoms with E-state index in [1.807, 2.05) is 13.8 Å². The number of nitrogens with two attached hydrogens (primary N) is 1. The summed E-state index contributed by atoms with van der Waals surface area (Å²) in [4.78, 5) is 4.15. The van der Waals surface area contributed by atoms with Gasteiger partial charge in [0, 0.05) is 5.69 Å². The fraction of sp³-hybridized carbons (Fsp3) is 0.167. The highest BCUT2D eigenvalue weighted by atomic mass is 19.1. The van der Waals surface area contributed by atoms with Crippen molar-refractivity contribution in [3.8, 4) is 5.69 Å². The Morgan fingerprint density at radius 3 is 2.65 bits per heavy atom. The number of hydrogen-bond acceptors (Lipinski definition) is 2. The number of nitrogen functional groups attached to an aromatic ring is 1. The topological polar surface area (TPSA) is 67.7 Å². The first-order valence-electron chi connectivity index (χ1n) is 5.16. The van der Waals surface area contributed by atoms with E-state index in [0.717, 1.165) is 11.4 Å². The first kappa shape index (κ1) is 11.3. The zero-order valence-electron chi connectivity index (χ0n) is 9.66. The lowest BCUT2D eigenvalue weighted by molar-refractivity contribution is 0.623. The first-order valence-corrected chi connectivity index (χ1v) is 5.16. The minimum atomic E-state index is -0.499. The van der Waals surface area contributed by atoms with Gasteiger partial charge in [-0.3, -0.25) is 5.41 Å². The molecule has 0 atom stereocenters. The standard InChI is InChI=1S/C12H13FN4/c1-7-8(2)17(6-16-7)10-5-3-4-9(13)11(10)12(14)15/h3-6H,1-2H3,(H3,14,15). The summed E-state index contributed by atoms with van der Waals surface area (Å²) in [5, 5.41) is 7.45. The molecule has 0 radical (unpaired) electrons. The van der Waals surface area contributed by atoms with Crippen molar-refractivity contribution in [2.75, 3.05) is 0 Å². The zero-order chi connectivity index (χ0) is 12.6. The van der Waals surface area contributed by atoms with Gasteiger partial charge in [0.1, 0.15) is 11.7 Å². The molecule has 2 rings (SSSR count). The van der Waals surface area contributed by atoms with Crippen molar-refractivity contribution in [3.05, 3.63) is 47.3 Å². The monoisotopic (exact) mass is 232 g/mol. The predicted octanol–water partition coefficient (Wildman–Crippen LogP) is 1.91. The highest BCUT2D eigenvalue weighted by molar-refractivity contribution is 5.98. The van der Waals surface area contributed by atoms with Crippen LogP contribution in [0.5, 0.6) is 0 Å². The van der Waals surface area contributed by atoms with Crippen LogP contribution in [0.15, 0.2) is 24.5 Å². The molecule has 0 aliphatic rings. The Morgan fingerprint density at radius 1 is 1.41 bits per heavy atom. The summed E-state index contributed by atoms with van der Waals surface area (Å²) in [5.74, 6) is -0.787. The number of nitrogens with zero attached hydrogens (tertiary/aromatic N) is 2. The van der Waals surface area contributed by atoms with Crippen LogP contribution in [0.25, 0.3) is 5.69 Å². The molecule has 0 unspecified atom stereocenters. The number of aromatic nitrogens is 2. The summed E-state index contributed by atoms with van der Waals surface area (Å²) in [7, 11) is 0. The molecule has 2 aromatic rings. The number of halogens is 1. The van der Waals surface area contributed by atoms with Crippen LogP contribution >= 0.6 is 0 Å². The van der Waals surface area contributed by atoms with Crippen LogP contribution in [0.2, 0.25) is 0 Å².